The van der Waals surface area contributed by atoms with Gasteiger partial charge in [0.2, 0.25) is 10.0 Å². The molecule has 16 heavy (non-hydrogen) atoms. The second-order valence-corrected chi connectivity index (χ2v) is 7.02. The van der Waals surface area contributed by atoms with E-state index in [1.165, 1.54) is 19.3 Å². The van der Waals surface area contributed by atoms with Crippen LogP contribution in [-0.4, -0.2) is 37.6 Å². The van der Waals surface area contributed by atoms with Crippen LogP contribution < -0.4 is 5.73 Å². The van der Waals surface area contributed by atoms with Gasteiger partial charge in [0.1, 0.15) is 0 Å². The Kier molecular flexibility index (Phi) is 3.87. The summed E-state index contributed by atoms with van der Waals surface area (Å²) in [6.07, 6.45) is 6.82. The molecule has 1 atom stereocenters. The summed E-state index contributed by atoms with van der Waals surface area (Å²) in [6, 6.07) is 0.0628. The summed E-state index contributed by atoms with van der Waals surface area (Å²) in [5.41, 5.74) is 5.80. The third-order valence-electron chi connectivity index (χ3n) is 3.94. The molecule has 0 aromatic rings. The summed E-state index contributed by atoms with van der Waals surface area (Å²) in [4.78, 5) is 0. The molecule has 0 aromatic heterocycles. The van der Waals surface area contributed by atoms with Gasteiger partial charge < -0.3 is 5.73 Å². The molecule has 0 amide bonds. The van der Waals surface area contributed by atoms with Crippen LogP contribution in [0.25, 0.3) is 0 Å². The minimum absolute atomic E-state index is 0.0628. The van der Waals surface area contributed by atoms with E-state index in [9.17, 15) is 8.42 Å². The van der Waals surface area contributed by atoms with Gasteiger partial charge in [0.05, 0.1) is 5.75 Å². The Bertz CT molecular complexity index is 323. The lowest BCUT2D eigenvalue weighted by Gasteiger charge is -2.34. The van der Waals surface area contributed by atoms with Crippen molar-refractivity contribution in [1.29, 1.82) is 0 Å². The zero-order chi connectivity index (χ0) is 11.6. The average Bonchev–Trinajstić information content (AvgIpc) is 2.62. The normalized spacial score (nSPS) is 29.3. The largest absolute Gasteiger partial charge is 0.329 e. The average molecular weight is 246 g/mol. The molecule has 2 aliphatic rings. The van der Waals surface area contributed by atoms with Crippen LogP contribution in [-0.2, 0) is 10.0 Å². The van der Waals surface area contributed by atoms with E-state index in [0.29, 0.717) is 24.8 Å². The second kappa shape index (κ2) is 5.02. The molecule has 4 nitrogen and oxygen atoms in total. The maximum absolute atomic E-state index is 11.9. The van der Waals surface area contributed by atoms with Gasteiger partial charge in [-0.1, -0.05) is 19.3 Å². The van der Waals surface area contributed by atoms with Gasteiger partial charge in [0, 0.05) is 19.1 Å². The zero-order valence-corrected chi connectivity index (χ0v) is 10.6. The molecule has 1 saturated heterocycles. The van der Waals surface area contributed by atoms with Crippen molar-refractivity contribution < 1.29 is 8.42 Å². The number of rotatable bonds is 3. The fourth-order valence-corrected chi connectivity index (χ4v) is 4.90. The number of sulfonamides is 1. The Morgan fingerprint density at radius 3 is 2.38 bits per heavy atom. The monoisotopic (exact) mass is 246 g/mol. The van der Waals surface area contributed by atoms with Gasteiger partial charge in [0.15, 0.2) is 0 Å². The highest BCUT2D eigenvalue weighted by atomic mass is 32.2. The van der Waals surface area contributed by atoms with Gasteiger partial charge in [-0.3, -0.25) is 0 Å². The van der Waals surface area contributed by atoms with E-state index in [1.807, 2.05) is 0 Å². The molecular formula is C11H22N2O2S. The Balaban J connectivity index is 2.09. The highest BCUT2D eigenvalue weighted by Crippen LogP contribution is 2.31. The van der Waals surface area contributed by atoms with Gasteiger partial charge in [-0.15, -0.1) is 0 Å². The molecule has 1 saturated carbocycles. The molecule has 0 spiro atoms. The molecule has 5 heteroatoms. The van der Waals surface area contributed by atoms with Crippen LogP contribution in [0.5, 0.6) is 0 Å². The summed E-state index contributed by atoms with van der Waals surface area (Å²) in [7, 11) is -2.99. The SMILES string of the molecule is NCC(C1CCCCC1)N1CCCS1(=O)=O. The molecule has 0 aromatic carbocycles. The van der Waals surface area contributed by atoms with Gasteiger partial charge in [-0.05, 0) is 25.2 Å². The topological polar surface area (TPSA) is 63.4 Å². The first-order chi connectivity index (χ1) is 7.65. The standard InChI is InChI=1S/C11H22N2O2S/c12-9-11(10-5-2-1-3-6-10)13-7-4-8-16(13,14)15/h10-11H,1-9,12H2. The van der Waals surface area contributed by atoms with Crippen LogP contribution in [0.15, 0.2) is 0 Å². The van der Waals surface area contributed by atoms with Crippen molar-refractivity contribution in [3.8, 4) is 0 Å². The molecule has 2 rings (SSSR count). The van der Waals surface area contributed by atoms with E-state index < -0.39 is 10.0 Å². The molecule has 0 radical (unpaired) electrons. The molecular weight excluding hydrogens is 224 g/mol. The highest BCUT2D eigenvalue weighted by Gasteiger charge is 2.37. The second-order valence-electron chi connectivity index (χ2n) is 4.98. The van der Waals surface area contributed by atoms with E-state index in [1.54, 1.807) is 4.31 Å². The smallest absolute Gasteiger partial charge is 0.214 e. The van der Waals surface area contributed by atoms with Gasteiger partial charge in [-0.2, -0.15) is 4.31 Å². The van der Waals surface area contributed by atoms with E-state index in [-0.39, 0.29) is 6.04 Å². The maximum Gasteiger partial charge on any atom is 0.214 e. The molecule has 2 N–H and O–H groups in total. The van der Waals surface area contributed by atoms with Gasteiger partial charge in [-0.25, -0.2) is 8.42 Å². The van der Waals surface area contributed by atoms with E-state index >= 15 is 0 Å². The highest BCUT2D eigenvalue weighted by molar-refractivity contribution is 7.89. The van der Waals surface area contributed by atoms with Crippen molar-refractivity contribution in [2.75, 3.05) is 18.8 Å². The van der Waals surface area contributed by atoms with Gasteiger partial charge in [0.25, 0.3) is 0 Å². The quantitative estimate of drug-likeness (QED) is 0.805. The molecule has 0 bridgehead atoms. The number of nitrogens with zero attached hydrogens (tertiary/aromatic N) is 1. The summed E-state index contributed by atoms with van der Waals surface area (Å²) in [6.45, 7) is 1.16. The lowest BCUT2D eigenvalue weighted by molar-refractivity contribution is 0.205. The first-order valence-electron chi connectivity index (χ1n) is 6.35. The molecule has 94 valence electrons. The molecule has 1 unspecified atom stereocenters. The summed E-state index contributed by atoms with van der Waals surface area (Å²) >= 11 is 0. The van der Waals surface area contributed by atoms with Crippen LogP contribution in [0.3, 0.4) is 0 Å². The van der Waals surface area contributed by atoms with Crippen molar-refractivity contribution in [2.24, 2.45) is 11.7 Å². The Labute approximate surface area is 98.2 Å². The lowest BCUT2D eigenvalue weighted by Crippen LogP contribution is -2.46. The van der Waals surface area contributed by atoms with Crippen LogP contribution in [0.4, 0.5) is 0 Å². The molecule has 1 heterocycles. The molecule has 1 aliphatic heterocycles. The fraction of sp³-hybridized carbons (Fsp3) is 1.00. The number of hydrogen-bond donors (Lipinski definition) is 1. The maximum atomic E-state index is 11.9. The van der Waals surface area contributed by atoms with Crippen molar-refractivity contribution >= 4 is 10.0 Å². The van der Waals surface area contributed by atoms with E-state index in [4.69, 9.17) is 5.73 Å². The van der Waals surface area contributed by atoms with E-state index in [0.717, 1.165) is 19.3 Å². The first kappa shape index (κ1) is 12.3. The van der Waals surface area contributed by atoms with Gasteiger partial charge >= 0.3 is 0 Å². The van der Waals surface area contributed by atoms with Crippen LogP contribution >= 0.6 is 0 Å². The van der Waals surface area contributed by atoms with Crippen molar-refractivity contribution in [2.45, 2.75) is 44.6 Å². The zero-order valence-electron chi connectivity index (χ0n) is 9.77. The summed E-state index contributed by atoms with van der Waals surface area (Å²) < 4.78 is 25.4. The summed E-state index contributed by atoms with van der Waals surface area (Å²) in [5, 5.41) is 0. The fourth-order valence-electron chi connectivity index (χ4n) is 3.10. The minimum atomic E-state index is -2.99. The van der Waals surface area contributed by atoms with Crippen LogP contribution in [0.2, 0.25) is 0 Å². The number of hydrogen-bond acceptors (Lipinski definition) is 3. The first-order valence-corrected chi connectivity index (χ1v) is 7.95. The number of nitrogens with two attached hydrogens (primary N) is 1. The predicted molar refractivity (Wildman–Crippen MR) is 64.5 cm³/mol. The minimum Gasteiger partial charge on any atom is -0.329 e. The van der Waals surface area contributed by atoms with Crippen LogP contribution in [0, 0.1) is 5.92 Å². The van der Waals surface area contributed by atoms with Crippen molar-refractivity contribution in [3.05, 3.63) is 0 Å². The molecule has 2 fully saturated rings. The third-order valence-corrected chi connectivity index (χ3v) is 5.92. The summed E-state index contributed by atoms with van der Waals surface area (Å²) in [5.74, 6) is 0.808. The Morgan fingerprint density at radius 2 is 1.88 bits per heavy atom. The van der Waals surface area contributed by atoms with Crippen LogP contribution in [0.1, 0.15) is 38.5 Å². The molecule has 1 aliphatic carbocycles. The predicted octanol–water partition coefficient (Wildman–Crippen LogP) is 0.929. The lowest BCUT2D eigenvalue weighted by atomic mass is 9.84. The van der Waals surface area contributed by atoms with E-state index in [2.05, 4.69) is 0 Å². The van der Waals surface area contributed by atoms with Crippen molar-refractivity contribution in [3.63, 3.8) is 0 Å². The van der Waals surface area contributed by atoms with Crippen molar-refractivity contribution in [1.82, 2.24) is 4.31 Å². The third kappa shape index (κ3) is 2.41. The Morgan fingerprint density at radius 1 is 1.19 bits per heavy atom. The Hall–Kier alpha value is -0.130.